The van der Waals surface area contributed by atoms with Crippen LogP contribution in [0.2, 0.25) is 0 Å². The smallest absolute Gasteiger partial charge is 0.0756 e. The number of pyridine rings is 1. The van der Waals surface area contributed by atoms with Crippen molar-refractivity contribution in [2.75, 3.05) is 13.7 Å². The Balaban J connectivity index is 2.01. The monoisotopic (exact) mass is 326 g/mol. The molecule has 1 aliphatic rings. The van der Waals surface area contributed by atoms with Gasteiger partial charge in [-0.3, -0.25) is 4.98 Å². The normalized spacial score (nSPS) is 18.3. The van der Waals surface area contributed by atoms with Crippen LogP contribution in [0.5, 0.6) is 0 Å². The Bertz CT molecular complexity index is 378. The van der Waals surface area contributed by atoms with E-state index in [0.717, 1.165) is 35.5 Å². The maximum atomic E-state index is 5.73. The number of aromatic nitrogens is 1. The van der Waals surface area contributed by atoms with E-state index in [0.29, 0.717) is 12.1 Å². The molecule has 0 saturated heterocycles. The molecule has 2 atom stereocenters. The molecule has 2 unspecified atom stereocenters. The van der Waals surface area contributed by atoms with E-state index in [1.165, 1.54) is 12.8 Å². The zero-order valence-corrected chi connectivity index (χ0v) is 13.3. The summed E-state index contributed by atoms with van der Waals surface area (Å²) in [5, 5.41) is 3.63. The van der Waals surface area contributed by atoms with Gasteiger partial charge in [0.15, 0.2) is 0 Å². The molecule has 0 amide bonds. The van der Waals surface area contributed by atoms with Crippen molar-refractivity contribution in [1.29, 1.82) is 0 Å². The fourth-order valence-corrected chi connectivity index (χ4v) is 2.73. The molecule has 2 rings (SSSR count). The lowest BCUT2D eigenvalue weighted by molar-refractivity contribution is 0.0508. The third-order valence-electron chi connectivity index (χ3n) is 3.63. The molecule has 106 valence electrons. The van der Waals surface area contributed by atoms with E-state index in [1.54, 1.807) is 0 Å². The Kier molecular flexibility index (Phi) is 5.79. The van der Waals surface area contributed by atoms with Crippen LogP contribution in [0.1, 0.15) is 31.9 Å². The van der Waals surface area contributed by atoms with Gasteiger partial charge in [-0.05, 0) is 59.8 Å². The van der Waals surface area contributed by atoms with Crippen molar-refractivity contribution >= 4 is 15.9 Å². The maximum absolute atomic E-state index is 5.73. The van der Waals surface area contributed by atoms with E-state index in [1.807, 2.05) is 13.3 Å². The molecule has 0 aromatic carbocycles. The zero-order valence-electron chi connectivity index (χ0n) is 11.7. The molecule has 0 radical (unpaired) electrons. The highest BCUT2D eigenvalue weighted by molar-refractivity contribution is 9.10. The van der Waals surface area contributed by atoms with Gasteiger partial charge in [-0.2, -0.15) is 0 Å². The average molecular weight is 327 g/mol. The first-order valence-electron chi connectivity index (χ1n) is 7.11. The molecule has 1 N–H and O–H groups in total. The number of rotatable bonds is 8. The zero-order chi connectivity index (χ0) is 13.7. The largest absolute Gasteiger partial charge is 0.380 e. The highest BCUT2D eigenvalue weighted by Gasteiger charge is 2.36. The average Bonchev–Trinajstić information content (AvgIpc) is 3.23. The number of hydrogen-bond donors (Lipinski definition) is 1. The van der Waals surface area contributed by atoms with E-state index < -0.39 is 0 Å². The van der Waals surface area contributed by atoms with Crippen molar-refractivity contribution < 1.29 is 4.74 Å². The van der Waals surface area contributed by atoms with Gasteiger partial charge in [0.05, 0.1) is 6.10 Å². The Morgan fingerprint density at radius 1 is 1.47 bits per heavy atom. The molecule has 1 aliphatic carbocycles. The molecular formula is C15H23BrN2O. The van der Waals surface area contributed by atoms with Gasteiger partial charge >= 0.3 is 0 Å². The molecule has 19 heavy (non-hydrogen) atoms. The lowest BCUT2D eigenvalue weighted by atomic mass is 10.0. The van der Waals surface area contributed by atoms with Crippen LogP contribution in [0.25, 0.3) is 0 Å². The Morgan fingerprint density at radius 2 is 2.26 bits per heavy atom. The molecule has 1 aromatic heterocycles. The van der Waals surface area contributed by atoms with Crippen molar-refractivity contribution in [3.05, 3.63) is 28.5 Å². The summed E-state index contributed by atoms with van der Waals surface area (Å²) < 4.78 is 6.76. The fourth-order valence-electron chi connectivity index (χ4n) is 2.50. The fraction of sp³-hybridized carbons (Fsp3) is 0.667. The van der Waals surface area contributed by atoms with E-state index in [4.69, 9.17) is 4.74 Å². The van der Waals surface area contributed by atoms with Crippen molar-refractivity contribution in [1.82, 2.24) is 10.3 Å². The summed E-state index contributed by atoms with van der Waals surface area (Å²) in [6, 6.07) is 4.51. The summed E-state index contributed by atoms with van der Waals surface area (Å²) >= 11 is 3.43. The van der Waals surface area contributed by atoms with Crippen LogP contribution in [0.15, 0.2) is 22.8 Å². The summed E-state index contributed by atoms with van der Waals surface area (Å²) in [5.41, 5.74) is 1.12. The van der Waals surface area contributed by atoms with Crippen LogP contribution in [0.4, 0.5) is 0 Å². The lowest BCUT2D eigenvalue weighted by Crippen LogP contribution is -2.44. The predicted molar refractivity (Wildman–Crippen MR) is 81.2 cm³/mol. The van der Waals surface area contributed by atoms with E-state index >= 15 is 0 Å². The first-order chi connectivity index (χ1) is 9.24. The molecule has 1 heterocycles. The summed E-state index contributed by atoms with van der Waals surface area (Å²) in [4.78, 5) is 4.48. The minimum atomic E-state index is 0.317. The second-order valence-electron chi connectivity index (χ2n) is 5.27. The molecule has 3 nitrogen and oxygen atoms in total. The number of methoxy groups -OCH3 is 1. The number of halogens is 1. The van der Waals surface area contributed by atoms with Gasteiger partial charge in [0, 0.05) is 35.9 Å². The third-order valence-corrected chi connectivity index (χ3v) is 4.10. The van der Waals surface area contributed by atoms with Crippen molar-refractivity contribution in [3.8, 4) is 0 Å². The molecule has 1 fully saturated rings. The Morgan fingerprint density at radius 3 is 2.79 bits per heavy atom. The second kappa shape index (κ2) is 7.36. The molecule has 0 aliphatic heterocycles. The molecule has 1 aromatic rings. The van der Waals surface area contributed by atoms with Gasteiger partial charge < -0.3 is 10.1 Å². The summed E-state index contributed by atoms with van der Waals surface area (Å²) in [6.45, 7) is 3.23. The van der Waals surface area contributed by atoms with Crippen LogP contribution in [0.3, 0.4) is 0 Å². The van der Waals surface area contributed by atoms with Gasteiger partial charge in [-0.25, -0.2) is 0 Å². The van der Waals surface area contributed by atoms with Crippen LogP contribution in [-0.4, -0.2) is 30.8 Å². The summed E-state index contributed by atoms with van der Waals surface area (Å²) in [7, 11) is 1.83. The van der Waals surface area contributed by atoms with E-state index in [2.05, 4.69) is 45.3 Å². The van der Waals surface area contributed by atoms with Crippen molar-refractivity contribution in [2.45, 2.75) is 44.8 Å². The first-order valence-corrected chi connectivity index (χ1v) is 7.90. The lowest BCUT2D eigenvalue weighted by Gasteiger charge is -2.27. The van der Waals surface area contributed by atoms with Crippen LogP contribution in [0, 0.1) is 5.92 Å². The third kappa shape index (κ3) is 4.55. The Labute approximate surface area is 124 Å². The SMILES string of the molecule is CCCNC(Cc1ccc(Br)cn1)C(OC)C1CC1. The minimum Gasteiger partial charge on any atom is -0.380 e. The molecule has 0 bridgehead atoms. The quantitative estimate of drug-likeness (QED) is 0.796. The minimum absolute atomic E-state index is 0.317. The second-order valence-corrected chi connectivity index (χ2v) is 6.19. The van der Waals surface area contributed by atoms with Gasteiger partial charge in [-0.1, -0.05) is 6.92 Å². The molecule has 0 spiro atoms. The standard InChI is InChI=1S/C15H23BrN2O/c1-3-8-17-14(15(19-2)11-4-5-11)9-13-7-6-12(16)10-18-13/h6-7,10-11,14-15,17H,3-5,8-9H2,1-2H3. The maximum Gasteiger partial charge on any atom is 0.0756 e. The molecule has 4 heteroatoms. The number of nitrogens with one attached hydrogen (secondary N) is 1. The number of hydrogen-bond acceptors (Lipinski definition) is 3. The highest BCUT2D eigenvalue weighted by Crippen LogP contribution is 2.36. The van der Waals surface area contributed by atoms with Crippen molar-refractivity contribution in [2.24, 2.45) is 5.92 Å². The number of nitrogens with zero attached hydrogens (tertiary/aromatic N) is 1. The van der Waals surface area contributed by atoms with Gasteiger partial charge in [0.1, 0.15) is 0 Å². The predicted octanol–water partition coefficient (Wildman–Crippen LogP) is 3.18. The van der Waals surface area contributed by atoms with Gasteiger partial charge in [0.25, 0.3) is 0 Å². The summed E-state index contributed by atoms with van der Waals surface area (Å²) in [6.07, 6.45) is 6.86. The van der Waals surface area contributed by atoms with Crippen LogP contribution in [-0.2, 0) is 11.2 Å². The highest BCUT2D eigenvalue weighted by atomic mass is 79.9. The first kappa shape index (κ1) is 14.9. The van der Waals surface area contributed by atoms with Crippen molar-refractivity contribution in [3.63, 3.8) is 0 Å². The van der Waals surface area contributed by atoms with E-state index in [9.17, 15) is 0 Å². The topological polar surface area (TPSA) is 34.2 Å². The molecule has 1 saturated carbocycles. The van der Waals surface area contributed by atoms with Crippen LogP contribution < -0.4 is 5.32 Å². The van der Waals surface area contributed by atoms with Crippen LogP contribution >= 0.6 is 15.9 Å². The molecular weight excluding hydrogens is 304 g/mol. The van der Waals surface area contributed by atoms with E-state index in [-0.39, 0.29) is 0 Å². The van der Waals surface area contributed by atoms with Gasteiger partial charge in [0.2, 0.25) is 0 Å². The summed E-state index contributed by atoms with van der Waals surface area (Å²) in [5.74, 6) is 0.731. The Hall–Kier alpha value is -0.450. The van der Waals surface area contributed by atoms with Gasteiger partial charge in [-0.15, -0.1) is 0 Å². The number of ether oxygens (including phenoxy) is 1.